The lowest BCUT2D eigenvalue weighted by atomic mass is 10.0. The molecule has 0 aliphatic carbocycles. The molecule has 1 aromatic carbocycles. The number of ether oxygens (including phenoxy) is 2. The first kappa shape index (κ1) is 21.5. The minimum atomic E-state index is -0.982. The number of hydrogen-bond donors (Lipinski definition) is 1. The molecule has 2 amide bonds. The summed E-state index contributed by atoms with van der Waals surface area (Å²) in [4.78, 5) is 38.7. The highest BCUT2D eigenvalue weighted by Gasteiger charge is 2.33. The van der Waals surface area contributed by atoms with Crippen LogP contribution in [0.2, 0.25) is 0 Å². The molecule has 0 saturated carbocycles. The fourth-order valence-electron chi connectivity index (χ4n) is 2.95. The molecule has 0 atom stereocenters. The molecular formula is C20H28N2O6. The van der Waals surface area contributed by atoms with E-state index in [1.54, 1.807) is 20.8 Å². The van der Waals surface area contributed by atoms with Crippen molar-refractivity contribution in [1.29, 1.82) is 0 Å². The molecule has 1 saturated heterocycles. The zero-order valence-corrected chi connectivity index (χ0v) is 16.6. The normalized spacial score (nSPS) is 15.0. The van der Waals surface area contributed by atoms with Crippen LogP contribution in [-0.4, -0.2) is 64.3 Å². The van der Waals surface area contributed by atoms with Gasteiger partial charge in [-0.1, -0.05) is 30.3 Å². The number of amides is 2. The van der Waals surface area contributed by atoms with E-state index < -0.39 is 23.8 Å². The van der Waals surface area contributed by atoms with Crippen LogP contribution in [-0.2, 0) is 20.9 Å². The number of benzene rings is 1. The van der Waals surface area contributed by atoms with Gasteiger partial charge in [0, 0.05) is 19.1 Å². The van der Waals surface area contributed by atoms with Gasteiger partial charge in [-0.2, -0.15) is 0 Å². The molecule has 8 heteroatoms. The molecule has 8 nitrogen and oxygen atoms in total. The van der Waals surface area contributed by atoms with E-state index in [1.165, 1.54) is 9.80 Å². The number of carboxylic acid groups (broad SMARTS) is 1. The second-order valence-corrected chi connectivity index (χ2v) is 7.76. The Morgan fingerprint density at radius 2 is 1.75 bits per heavy atom. The van der Waals surface area contributed by atoms with Crippen LogP contribution < -0.4 is 0 Å². The Morgan fingerprint density at radius 3 is 2.29 bits per heavy atom. The van der Waals surface area contributed by atoms with Crippen molar-refractivity contribution in [2.45, 2.75) is 51.9 Å². The molecule has 1 aliphatic rings. The summed E-state index contributed by atoms with van der Waals surface area (Å²) in [5, 5.41) is 9.10. The SMILES string of the molecule is CC(C)(C)OC(=O)N(CC(=O)OCc1ccccc1)C1CCN(C(=O)O)CC1. The highest BCUT2D eigenvalue weighted by molar-refractivity contribution is 5.78. The number of esters is 1. The number of piperidine rings is 1. The zero-order chi connectivity index (χ0) is 20.7. The molecule has 0 bridgehead atoms. The maximum Gasteiger partial charge on any atom is 0.411 e. The van der Waals surface area contributed by atoms with Gasteiger partial charge >= 0.3 is 18.2 Å². The number of likely N-dealkylation sites (tertiary alicyclic amines) is 1. The molecule has 0 radical (unpaired) electrons. The average Bonchev–Trinajstić information content (AvgIpc) is 2.64. The smallest absolute Gasteiger partial charge is 0.411 e. The van der Waals surface area contributed by atoms with Gasteiger partial charge in [0.05, 0.1) is 0 Å². The topological polar surface area (TPSA) is 96.4 Å². The van der Waals surface area contributed by atoms with Crippen LogP contribution in [0.1, 0.15) is 39.2 Å². The van der Waals surface area contributed by atoms with Crippen LogP contribution in [0.3, 0.4) is 0 Å². The monoisotopic (exact) mass is 392 g/mol. The Balaban J connectivity index is 2.00. The van der Waals surface area contributed by atoms with Crippen LogP contribution in [0.5, 0.6) is 0 Å². The van der Waals surface area contributed by atoms with Gasteiger partial charge in [0.1, 0.15) is 18.8 Å². The van der Waals surface area contributed by atoms with Gasteiger partial charge in [-0.15, -0.1) is 0 Å². The Labute approximate surface area is 165 Å². The molecule has 0 unspecified atom stereocenters. The van der Waals surface area contributed by atoms with Crippen molar-refractivity contribution in [2.24, 2.45) is 0 Å². The van der Waals surface area contributed by atoms with E-state index in [9.17, 15) is 14.4 Å². The van der Waals surface area contributed by atoms with Crippen molar-refractivity contribution in [3.8, 4) is 0 Å². The zero-order valence-electron chi connectivity index (χ0n) is 16.6. The average molecular weight is 392 g/mol. The van der Waals surface area contributed by atoms with Crippen molar-refractivity contribution >= 4 is 18.2 Å². The molecule has 1 heterocycles. The van der Waals surface area contributed by atoms with E-state index in [2.05, 4.69) is 0 Å². The molecule has 1 fully saturated rings. The molecule has 1 aromatic rings. The van der Waals surface area contributed by atoms with Crippen molar-refractivity contribution in [3.05, 3.63) is 35.9 Å². The van der Waals surface area contributed by atoms with Crippen LogP contribution in [0.15, 0.2) is 30.3 Å². The van der Waals surface area contributed by atoms with Gasteiger partial charge in [-0.05, 0) is 39.2 Å². The quantitative estimate of drug-likeness (QED) is 0.774. The summed E-state index contributed by atoms with van der Waals surface area (Å²) in [6.45, 7) is 5.76. The summed E-state index contributed by atoms with van der Waals surface area (Å²) in [7, 11) is 0. The molecule has 1 aliphatic heterocycles. The molecule has 154 valence electrons. The van der Waals surface area contributed by atoms with Crippen molar-refractivity contribution in [1.82, 2.24) is 9.80 Å². The van der Waals surface area contributed by atoms with Crippen LogP contribution in [0, 0.1) is 0 Å². The summed E-state index contributed by atoms with van der Waals surface area (Å²) >= 11 is 0. The van der Waals surface area contributed by atoms with Crippen LogP contribution in [0.4, 0.5) is 9.59 Å². The third-order valence-corrected chi connectivity index (χ3v) is 4.35. The Kier molecular flexibility index (Phi) is 7.25. The first-order chi connectivity index (χ1) is 13.2. The van der Waals surface area contributed by atoms with Gasteiger partial charge in [0.2, 0.25) is 0 Å². The summed E-state index contributed by atoms with van der Waals surface area (Å²) in [6.07, 6.45) is -0.697. The number of hydrogen-bond acceptors (Lipinski definition) is 5. The maximum atomic E-state index is 12.6. The van der Waals surface area contributed by atoms with Gasteiger partial charge < -0.3 is 19.5 Å². The third-order valence-electron chi connectivity index (χ3n) is 4.35. The third kappa shape index (κ3) is 6.75. The molecular weight excluding hydrogens is 364 g/mol. The summed E-state index contributed by atoms with van der Waals surface area (Å²) in [5.41, 5.74) is 0.153. The lowest BCUT2D eigenvalue weighted by Gasteiger charge is -2.37. The summed E-state index contributed by atoms with van der Waals surface area (Å²) in [6, 6.07) is 8.99. The Bertz CT molecular complexity index is 678. The standard InChI is InChI=1S/C20H28N2O6/c1-20(2,3)28-19(26)22(16-9-11-21(12-10-16)18(24)25)13-17(23)27-14-15-7-5-4-6-8-15/h4-8,16H,9-14H2,1-3H3,(H,24,25). The van der Waals surface area contributed by atoms with Crippen molar-refractivity contribution < 1.29 is 29.0 Å². The minimum absolute atomic E-state index is 0.124. The number of nitrogens with zero attached hydrogens (tertiary/aromatic N) is 2. The summed E-state index contributed by atoms with van der Waals surface area (Å²) in [5.74, 6) is -0.532. The molecule has 0 aromatic heterocycles. The number of rotatable bonds is 5. The number of carbonyl (C=O) groups excluding carboxylic acids is 2. The molecule has 0 spiro atoms. The van der Waals surface area contributed by atoms with Gasteiger partial charge in [0.25, 0.3) is 0 Å². The highest BCUT2D eigenvalue weighted by Crippen LogP contribution is 2.20. The lowest BCUT2D eigenvalue weighted by molar-refractivity contribution is -0.147. The maximum absolute atomic E-state index is 12.6. The second kappa shape index (κ2) is 9.43. The van der Waals surface area contributed by atoms with E-state index >= 15 is 0 Å². The van der Waals surface area contributed by atoms with E-state index in [0.717, 1.165) is 5.56 Å². The van der Waals surface area contributed by atoms with Gasteiger partial charge in [0.15, 0.2) is 0 Å². The Hall–Kier alpha value is -2.77. The lowest BCUT2D eigenvalue weighted by Crippen LogP contribution is -2.51. The van der Waals surface area contributed by atoms with Gasteiger partial charge in [-0.3, -0.25) is 9.69 Å². The molecule has 28 heavy (non-hydrogen) atoms. The van der Waals surface area contributed by atoms with E-state index in [1.807, 2.05) is 30.3 Å². The van der Waals surface area contributed by atoms with Crippen LogP contribution >= 0.6 is 0 Å². The van der Waals surface area contributed by atoms with E-state index in [4.69, 9.17) is 14.6 Å². The van der Waals surface area contributed by atoms with Crippen molar-refractivity contribution in [2.75, 3.05) is 19.6 Å². The van der Waals surface area contributed by atoms with E-state index in [0.29, 0.717) is 25.9 Å². The Morgan fingerprint density at radius 1 is 1.14 bits per heavy atom. The minimum Gasteiger partial charge on any atom is -0.465 e. The van der Waals surface area contributed by atoms with Crippen LogP contribution in [0.25, 0.3) is 0 Å². The van der Waals surface area contributed by atoms with E-state index in [-0.39, 0.29) is 19.2 Å². The fraction of sp³-hybridized carbons (Fsp3) is 0.550. The second-order valence-electron chi connectivity index (χ2n) is 7.76. The van der Waals surface area contributed by atoms with Crippen molar-refractivity contribution in [3.63, 3.8) is 0 Å². The molecule has 2 rings (SSSR count). The largest absolute Gasteiger partial charge is 0.465 e. The first-order valence-corrected chi connectivity index (χ1v) is 9.33. The van der Waals surface area contributed by atoms with Gasteiger partial charge in [-0.25, -0.2) is 9.59 Å². The first-order valence-electron chi connectivity index (χ1n) is 9.33. The fourth-order valence-corrected chi connectivity index (χ4v) is 2.95. The highest BCUT2D eigenvalue weighted by atomic mass is 16.6. The molecule has 1 N–H and O–H groups in total. The predicted octanol–water partition coefficient (Wildman–Crippen LogP) is 3.11. The predicted molar refractivity (Wildman–Crippen MR) is 102 cm³/mol. The summed E-state index contributed by atoms with van der Waals surface area (Å²) < 4.78 is 10.7. The number of carbonyl (C=O) groups is 3.